The van der Waals surface area contributed by atoms with Gasteiger partial charge in [-0.2, -0.15) is 0 Å². The Kier molecular flexibility index (Phi) is 9.41. The van der Waals surface area contributed by atoms with Crippen molar-refractivity contribution in [3.63, 3.8) is 0 Å². The molecule has 36 heavy (non-hydrogen) atoms. The summed E-state index contributed by atoms with van der Waals surface area (Å²) in [5, 5.41) is 21.9. The highest BCUT2D eigenvalue weighted by atomic mass is 35.5. The predicted octanol–water partition coefficient (Wildman–Crippen LogP) is 4.51. The van der Waals surface area contributed by atoms with E-state index in [0.717, 1.165) is 73.7 Å². The van der Waals surface area contributed by atoms with Gasteiger partial charge in [-0.15, -0.1) is 0 Å². The molecule has 6 heteroatoms. The second-order valence-corrected chi connectivity index (χ2v) is 10.1. The van der Waals surface area contributed by atoms with Gasteiger partial charge in [0, 0.05) is 37.6 Å². The summed E-state index contributed by atoms with van der Waals surface area (Å²) in [7, 11) is 0. The fraction of sp³-hybridized carbons (Fsp3) is 0.400. The van der Waals surface area contributed by atoms with E-state index in [0.29, 0.717) is 18.1 Å². The molecule has 0 saturated carbocycles. The lowest BCUT2D eigenvalue weighted by molar-refractivity contribution is 0.0810. The Balaban J connectivity index is 1.42. The van der Waals surface area contributed by atoms with E-state index in [4.69, 9.17) is 16.3 Å². The molecular weight excluding hydrogens is 472 g/mol. The molecule has 0 aliphatic carbocycles. The monoisotopic (exact) mass is 508 g/mol. The maximum absolute atomic E-state index is 12.0. The largest absolute Gasteiger partial charge is 0.492 e. The van der Waals surface area contributed by atoms with Crippen molar-refractivity contribution in [2.24, 2.45) is 0 Å². The molecule has 1 aliphatic heterocycles. The van der Waals surface area contributed by atoms with Crippen LogP contribution in [-0.2, 0) is 12.0 Å². The van der Waals surface area contributed by atoms with Gasteiger partial charge in [-0.3, -0.25) is 9.80 Å². The average Bonchev–Trinajstić information content (AvgIpc) is 3.11. The molecule has 1 fully saturated rings. The van der Waals surface area contributed by atoms with E-state index in [9.17, 15) is 10.2 Å². The van der Waals surface area contributed by atoms with Gasteiger partial charge in [0.05, 0.1) is 6.61 Å². The van der Waals surface area contributed by atoms with Gasteiger partial charge in [0.2, 0.25) is 0 Å². The van der Waals surface area contributed by atoms with Crippen molar-refractivity contribution in [2.45, 2.75) is 25.4 Å². The Labute approximate surface area is 219 Å². The van der Waals surface area contributed by atoms with Crippen molar-refractivity contribution >= 4 is 11.6 Å². The number of halogens is 1. The average molecular weight is 509 g/mol. The lowest BCUT2D eigenvalue weighted by Crippen LogP contribution is -2.34. The van der Waals surface area contributed by atoms with E-state index in [1.807, 2.05) is 79.7 Å². The van der Waals surface area contributed by atoms with Gasteiger partial charge < -0.3 is 14.9 Å². The van der Waals surface area contributed by atoms with Crippen LogP contribution in [0, 0.1) is 6.92 Å². The molecular formula is C30H37ClN2O3. The first-order valence-corrected chi connectivity index (χ1v) is 13.2. The van der Waals surface area contributed by atoms with Crippen LogP contribution in [0.3, 0.4) is 0 Å². The molecule has 0 amide bonds. The number of aliphatic hydroxyl groups is 2. The molecule has 1 aliphatic rings. The fourth-order valence-corrected chi connectivity index (χ4v) is 4.96. The highest BCUT2D eigenvalue weighted by Gasteiger charge is 2.32. The van der Waals surface area contributed by atoms with E-state index in [1.54, 1.807) is 0 Å². The van der Waals surface area contributed by atoms with E-state index in [2.05, 4.69) is 9.80 Å². The lowest BCUT2D eigenvalue weighted by Gasteiger charge is -2.30. The summed E-state index contributed by atoms with van der Waals surface area (Å²) in [5.74, 6) is 0.799. The van der Waals surface area contributed by atoms with E-state index in [-0.39, 0.29) is 6.61 Å². The summed E-state index contributed by atoms with van der Waals surface area (Å²) < 4.78 is 6.05. The number of hydrogen-bond acceptors (Lipinski definition) is 5. The molecule has 1 atom stereocenters. The first-order valence-electron chi connectivity index (χ1n) is 12.8. The Bertz CT molecular complexity index is 1070. The summed E-state index contributed by atoms with van der Waals surface area (Å²) in [6, 6.07) is 23.5. The first-order chi connectivity index (χ1) is 17.5. The minimum atomic E-state index is -1.17. The third-order valence-corrected chi connectivity index (χ3v) is 7.26. The summed E-state index contributed by atoms with van der Waals surface area (Å²) in [5.41, 5.74) is 2.67. The standard InChI is InChI=1S/C30H37ClN2O3/c1-24-3-7-26(8-4-24)30(35,23-25-5-11-28(31)12-6-25)27-9-13-29(14-10-27)36-22-20-33-16-2-15-32(17-18-33)19-21-34/h3-14,34-35H,2,15-23H2,1H3. The van der Waals surface area contributed by atoms with Gasteiger partial charge in [-0.05, 0) is 67.4 Å². The highest BCUT2D eigenvalue weighted by molar-refractivity contribution is 6.30. The summed E-state index contributed by atoms with van der Waals surface area (Å²) in [4.78, 5) is 4.74. The molecule has 0 spiro atoms. The number of nitrogens with zero attached hydrogens (tertiary/aromatic N) is 2. The second kappa shape index (κ2) is 12.7. The van der Waals surface area contributed by atoms with Crippen molar-refractivity contribution in [3.05, 3.63) is 100 Å². The normalized spacial score (nSPS) is 16.9. The Morgan fingerprint density at radius 1 is 0.806 bits per heavy atom. The van der Waals surface area contributed by atoms with Crippen molar-refractivity contribution in [1.29, 1.82) is 0 Å². The minimum Gasteiger partial charge on any atom is -0.492 e. The molecule has 3 aromatic rings. The first kappa shape index (κ1) is 26.6. The van der Waals surface area contributed by atoms with Crippen LogP contribution in [0.1, 0.15) is 28.7 Å². The predicted molar refractivity (Wildman–Crippen MR) is 146 cm³/mol. The zero-order chi connectivity index (χ0) is 25.4. The zero-order valence-electron chi connectivity index (χ0n) is 21.1. The topological polar surface area (TPSA) is 56.2 Å². The molecule has 0 radical (unpaired) electrons. The maximum Gasteiger partial charge on any atom is 0.119 e. The molecule has 192 valence electrons. The number of aryl methyl sites for hydroxylation is 1. The van der Waals surface area contributed by atoms with Crippen LogP contribution in [0.4, 0.5) is 0 Å². The number of ether oxygens (including phenoxy) is 1. The number of rotatable bonds is 10. The Morgan fingerprint density at radius 2 is 1.39 bits per heavy atom. The van der Waals surface area contributed by atoms with Gasteiger partial charge >= 0.3 is 0 Å². The van der Waals surface area contributed by atoms with Crippen molar-refractivity contribution in [3.8, 4) is 5.75 Å². The molecule has 4 rings (SSSR count). The Hall–Kier alpha value is -2.41. The van der Waals surface area contributed by atoms with Gasteiger partial charge in [0.25, 0.3) is 0 Å². The lowest BCUT2D eigenvalue weighted by atomic mass is 9.81. The SMILES string of the molecule is Cc1ccc(C(O)(Cc2ccc(Cl)cc2)c2ccc(OCCN3CCCN(CCO)CC3)cc2)cc1. The van der Waals surface area contributed by atoms with Crippen molar-refractivity contribution < 1.29 is 14.9 Å². The fourth-order valence-electron chi connectivity index (χ4n) is 4.83. The van der Waals surface area contributed by atoms with Gasteiger partial charge in [-0.25, -0.2) is 0 Å². The molecule has 0 aromatic heterocycles. The quantitative estimate of drug-likeness (QED) is 0.422. The van der Waals surface area contributed by atoms with Crippen LogP contribution < -0.4 is 4.74 Å². The summed E-state index contributed by atoms with van der Waals surface area (Å²) in [6.45, 7) is 8.59. The van der Waals surface area contributed by atoms with Gasteiger partial charge in [-0.1, -0.05) is 65.7 Å². The molecule has 2 N–H and O–H groups in total. The van der Waals surface area contributed by atoms with Gasteiger partial charge in [0.1, 0.15) is 18.0 Å². The van der Waals surface area contributed by atoms with E-state index < -0.39 is 5.60 Å². The van der Waals surface area contributed by atoms with Crippen LogP contribution in [0.2, 0.25) is 5.02 Å². The number of benzene rings is 3. The van der Waals surface area contributed by atoms with Crippen LogP contribution >= 0.6 is 11.6 Å². The Morgan fingerprint density at radius 3 is 2.00 bits per heavy atom. The van der Waals surface area contributed by atoms with Crippen LogP contribution in [0.15, 0.2) is 72.8 Å². The zero-order valence-corrected chi connectivity index (χ0v) is 21.8. The van der Waals surface area contributed by atoms with Crippen molar-refractivity contribution in [2.75, 3.05) is 52.5 Å². The summed E-state index contributed by atoms with van der Waals surface area (Å²) in [6.07, 6.45) is 1.55. The van der Waals surface area contributed by atoms with Crippen molar-refractivity contribution in [1.82, 2.24) is 9.80 Å². The molecule has 0 bridgehead atoms. The van der Waals surface area contributed by atoms with Crippen LogP contribution in [-0.4, -0.2) is 72.5 Å². The van der Waals surface area contributed by atoms with Crippen LogP contribution in [0.5, 0.6) is 5.75 Å². The molecule has 1 unspecified atom stereocenters. The number of β-amino-alcohol motifs (C(OH)–C–C–N with tert-alkyl or cyclic N) is 1. The minimum absolute atomic E-state index is 0.220. The number of aliphatic hydroxyl groups excluding tert-OH is 1. The molecule has 1 saturated heterocycles. The number of hydrogen-bond donors (Lipinski definition) is 2. The third kappa shape index (κ3) is 7.09. The summed E-state index contributed by atoms with van der Waals surface area (Å²) >= 11 is 6.08. The smallest absolute Gasteiger partial charge is 0.119 e. The molecule has 5 nitrogen and oxygen atoms in total. The second-order valence-electron chi connectivity index (χ2n) is 9.66. The third-order valence-electron chi connectivity index (χ3n) is 7.01. The molecule has 3 aromatic carbocycles. The van der Waals surface area contributed by atoms with E-state index in [1.165, 1.54) is 0 Å². The molecule has 1 heterocycles. The van der Waals surface area contributed by atoms with Crippen LogP contribution in [0.25, 0.3) is 0 Å². The highest BCUT2D eigenvalue weighted by Crippen LogP contribution is 2.34. The van der Waals surface area contributed by atoms with Gasteiger partial charge in [0.15, 0.2) is 0 Å². The van der Waals surface area contributed by atoms with E-state index >= 15 is 0 Å². The maximum atomic E-state index is 12.0.